The third kappa shape index (κ3) is 4.15. The summed E-state index contributed by atoms with van der Waals surface area (Å²) in [6.07, 6.45) is 1.04. The molecule has 0 aliphatic carbocycles. The van der Waals surface area contributed by atoms with Crippen LogP contribution in [0, 0.1) is 0 Å². The van der Waals surface area contributed by atoms with Gasteiger partial charge in [-0.15, -0.1) is 0 Å². The lowest BCUT2D eigenvalue weighted by molar-refractivity contribution is -0.855. The number of rotatable bonds is 7. The first kappa shape index (κ1) is 16.1. The second-order valence-electron chi connectivity index (χ2n) is 6.08. The van der Waals surface area contributed by atoms with Crippen molar-refractivity contribution in [3.8, 4) is 0 Å². The summed E-state index contributed by atoms with van der Waals surface area (Å²) in [5, 5.41) is 1.14. The molecule has 3 rings (SSSR count). The SMILES string of the molecule is C[NH+](C)CCSc1nc2ccccc2n1CCc1ccccc1. The lowest BCUT2D eigenvalue weighted by atomic mass is 10.1. The Kier molecular flexibility index (Phi) is 5.36. The van der Waals surface area contributed by atoms with Crippen LogP contribution < -0.4 is 4.90 Å². The highest BCUT2D eigenvalue weighted by atomic mass is 32.2. The predicted molar refractivity (Wildman–Crippen MR) is 98.3 cm³/mol. The van der Waals surface area contributed by atoms with Crippen molar-refractivity contribution in [2.45, 2.75) is 18.1 Å². The highest BCUT2D eigenvalue weighted by Crippen LogP contribution is 2.24. The topological polar surface area (TPSA) is 22.3 Å². The number of aryl methyl sites for hydroxylation is 2. The first-order valence-corrected chi connectivity index (χ1v) is 9.13. The van der Waals surface area contributed by atoms with E-state index in [0.717, 1.165) is 35.9 Å². The van der Waals surface area contributed by atoms with E-state index in [4.69, 9.17) is 4.98 Å². The molecule has 0 amide bonds. The van der Waals surface area contributed by atoms with Crippen molar-refractivity contribution in [2.75, 3.05) is 26.4 Å². The maximum Gasteiger partial charge on any atom is 0.169 e. The molecule has 0 spiro atoms. The van der Waals surface area contributed by atoms with Gasteiger partial charge in [0.1, 0.15) is 0 Å². The highest BCUT2D eigenvalue weighted by Gasteiger charge is 2.11. The second-order valence-corrected chi connectivity index (χ2v) is 7.14. The van der Waals surface area contributed by atoms with Crippen molar-refractivity contribution in [2.24, 2.45) is 0 Å². The summed E-state index contributed by atoms with van der Waals surface area (Å²) in [6.45, 7) is 2.12. The van der Waals surface area contributed by atoms with Crippen LogP contribution in [0.2, 0.25) is 0 Å². The summed E-state index contributed by atoms with van der Waals surface area (Å²) in [6, 6.07) is 19.1. The minimum absolute atomic E-state index is 0.974. The van der Waals surface area contributed by atoms with Crippen molar-refractivity contribution in [3.05, 3.63) is 60.2 Å². The molecule has 1 aromatic heterocycles. The van der Waals surface area contributed by atoms with Gasteiger partial charge in [-0.3, -0.25) is 0 Å². The monoisotopic (exact) mass is 326 g/mol. The number of para-hydroxylation sites is 2. The fraction of sp³-hybridized carbons (Fsp3) is 0.316. The number of hydrogen-bond donors (Lipinski definition) is 1. The predicted octanol–water partition coefficient (Wildman–Crippen LogP) is 2.52. The van der Waals surface area contributed by atoms with Crippen molar-refractivity contribution < 1.29 is 4.90 Å². The second kappa shape index (κ2) is 7.66. The number of benzene rings is 2. The molecule has 0 bridgehead atoms. The van der Waals surface area contributed by atoms with Crippen LogP contribution in [-0.4, -0.2) is 35.9 Å². The molecule has 1 N–H and O–H groups in total. The van der Waals surface area contributed by atoms with Gasteiger partial charge in [0.25, 0.3) is 0 Å². The van der Waals surface area contributed by atoms with E-state index in [-0.39, 0.29) is 0 Å². The van der Waals surface area contributed by atoms with Crippen molar-refractivity contribution in [3.63, 3.8) is 0 Å². The number of imidazole rings is 1. The summed E-state index contributed by atoms with van der Waals surface area (Å²) in [5.41, 5.74) is 3.71. The Labute approximate surface area is 142 Å². The Bertz CT molecular complexity index is 750. The molecule has 1 heterocycles. The van der Waals surface area contributed by atoms with E-state index in [1.165, 1.54) is 16.0 Å². The Hall–Kier alpha value is -1.78. The van der Waals surface area contributed by atoms with Crippen LogP contribution in [0.5, 0.6) is 0 Å². The number of quaternary nitrogens is 1. The van der Waals surface area contributed by atoms with E-state index >= 15 is 0 Å². The zero-order chi connectivity index (χ0) is 16.1. The Morgan fingerprint density at radius 3 is 2.52 bits per heavy atom. The van der Waals surface area contributed by atoms with Crippen molar-refractivity contribution in [1.82, 2.24) is 9.55 Å². The van der Waals surface area contributed by atoms with Gasteiger partial charge in [-0.05, 0) is 24.1 Å². The molecule has 4 heteroatoms. The molecular weight excluding hydrogens is 302 g/mol. The molecule has 3 aromatic rings. The Morgan fingerprint density at radius 1 is 1.00 bits per heavy atom. The van der Waals surface area contributed by atoms with Crippen LogP contribution in [0.1, 0.15) is 5.56 Å². The summed E-state index contributed by atoms with van der Waals surface area (Å²) in [5.74, 6) is 1.09. The van der Waals surface area contributed by atoms with Crippen LogP contribution in [0.25, 0.3) is 11.0 Å². The van der Waals surface area contributed by atoms with E-state index in [1.807, 2.05) is 11.8 Å². The Morgan fingerprint density at radius 2 is 1.74 bits per heavy atom. The third-order valence-corrected chi connectivity index (χ3v) is 4.90. The molecule has 120 valence electrons. The molecule has 2 aromatic carbocycles. The molecule has 0 atom stereocenters. The molecule has 0 saturated heterocycles. The smallest absolute Gasteiger partial charge is 0.169 e. The molecular formula is C19H24N3S+. The maximum absolute atomic E-state index is 4.84. The zero-order valence-corrected chi connectivity index (χ0v) is 14.6. The number of hydrogen-bond acceptors (Lipinski definition) is 2. The summed E-state index contributed by atoms with van der Waals surface area (Å²) < 4.78 is 2.37. The molecule has 0 aliphatic heterocycles. The van der Waals surface area contributed by atoms with Gasteiger partial charge in [0, 0.05) is 6.54 Å². The lowest BCUT2D eigenvalue weighted by Gasteiger charge is -2.10. The van der Waals surface area contributed by atoms with Gasteiger partial charge in [0.05, 0.1) is 37.4 Å². The van der Waals surface area contributed by atoms with Gasteiger partial charge in [-0.25, -0.2) is 4.98 Å². The summed E-state index contributed by atoms with van der Waals surface area (Å²) >= 11 is 1.87. The summed E-state index contributed by atoms with van der Waals surface area (Å²) in [4.78, 5) is 6.31. The largest absolute Gasteiger partial charge is 0.339 e. The van der Waals surface area contributed by atoms with Crippen molar-refractivity contribution >= 4 is 22.8 Å². The first-order valence-electron chi connectivity index (χ1n) is 8.15. The van der Waals surface area contributed by atoms with E-state index < -0.39 is 0 Å². The molecule has 3 nitrogen and oxygen atoms in total. The zero-order valence-electron chi connectivity index (χ0n) is 13.8. The van der Waals surface area contributed by atoms with Crippen LogP contribution in [-0.2, 0) is 13.0 Å². The van der Waals surface area contributed by atoms with Gasteiger partial charge in [-0.2, -0.15) is 0 Å². The number of nitrogens with zero attached hydrogens (tertiary/aromatic N) is 2. The average molecular weight is 326 g/mol. The number of nitrogens with one attached hydrogen (secondary N) is 1. The number of aromatic nitrogens is 2. The molecule has 0 fully saturated rings. The maximum atomic E-state index is 4.84. The number of fused-ring (bicyclic) bond motifs is 1. The van der Waals surface area contributed by atoms with Crippen LogP contribution in [0.3, 0.4) is 0 Å². The van der Waals surface area contributed by atoms with Gasteiger partial charge in [0.15, 0.2) is 5.16 Å². The van der Waals surface area contributed by atoms with E-state index in [9.17, 15) is 0 Å². The average Bonchev–Trinajstić information content (AvgIpc) is 2.91. The highest BCUT2D eigenvalue weighted by molar-refractivity contribution is 7.99. The normalized spacial score (nSPS) is 11.4. The van der Waals surface area contributed by atoms with Crippen molar-refractivity contribution in [1.29, 1.82) is 0 Å². The standard InChI is InChI=1S/C19H23N3S/c1-21(2)14-15-23-19-20-17-10-6-7-11-18(17)22(19)13-12-16-8-4-3-5-9-16/h3-11H,12-15H2,1-2H3/p+1. The molecule has 0 unspecified atom stereocenters. The first-order chi connectivity index (χ1) is 11.2. The van der Waals surface area contributed by atoms with E-state index in [0.29, 0.717) is 0 Å². The fourth-order valence-corrected chi connectivity index (χ4v) is 3.81. The fourth-order valence-electron chi connectivity index (χ4n) is 2.61. The molecule has 23 heavy (non-hydrogen) atoms. The van der Waals surface area contributed by atoms with Crippen LogP contribution in [0.15, 0.2) is 59.8 Å². The van der Waals surface area contributed by atoms with Gasteiger partial charge < -0.3 is 9.47 Å². The molecule has 0 saturated carbocycles. The Balaban J connectivity index is 1.80. The third-order valence-electron chi connectivity index (χ3n) is 3.92. The quantitative estimate of drug-likeness (QED) is 0.674. The summed E-state index contributed by atoms with van der Waals surface area (Å²) in [7, 11) is 4.39. The molecule has 0 aliphatic rings. The van der Waals surface area contributed by atoms with Crippen LogP contribution >= 0.6 is 11.8 Å². The van der Waals surface area contributed by atoms with E-state index in [1.54, 1.807) is 0 Å². The molecule has 0 radical (unpaired) electrons. The minimum atomic E-state index is 0.974. The minimum Gasteiger partial charge on any atom is -0.339 e. The lowest BCUT2D eigenvalue weighted by Crippen LogP contribution is -3.06. The van der Waals surface area contributed by atoms with E-state index in [2.05, 4.69) is 73.3 Å². The number of thioether (sulfide) groups is 1. The van der Waals surface area contributed by atoms with Gasteiger partial charge in [-0.1, -0.05) is 54.2 Å². The van der Waals surface area contributed by atoms with Crippen LogP contribution in [0.4, 0.5) is 0 Å². The van der Waals surface area contributed by atoms with Gasteiger partial charge in [0.2, 0.25) is 0 Å². The van der Waals surface area contributed by atoms with Gasteiger partial charge >= 0.3 is 0 Å².